The smallest absolute Gasteiger partial charge is 0.191 e. The third-order valence-electron chi connectivity index (χ3n) is 6.13. The van der Waals surface area contributed by atoms with Crippen LogP contribution in [0.4, 0.5) is 0 Å². The number of aliphatic imine (C=N–C) groups is 1. The van der Waals surface area contributed by atoms with Gasteiger partial charge in [0.25, 0.3) is 0 Å². The molecule has 0 aromatic carbocycles. The molecule has 2 aliphatic heterocycles. The number of ether oxygens (including phenoxy) is 2. The highest BCUT2D eigenvalue weighted by Gasteiger charge is 2.66. The summed E-state index contributed by atoms with van der Waals surface area (Å²) in [5.74, 6) is 2.28. The molecular weight excluding hydrogens is 393 g/mol. The molecular formula is C16H28IN3O2. The van der Waals surface area contributed by atoms with Crippen LogP contribution >= 0.6 is 24.0 Å². The second-order valence-corrected chi connectivity index (χ2v) is 7.14. The summed E-state index contributed by atoms with van der Waals surface area (Å²) in [4.78, 5) is 4.42. The van der Waals surface area contributed by atoms with E-state index in [0.717, 1.165) is 38.7 Å². The minimum absolute atomic E-state index is 0. The predicted octanol–water partition coefficient (Wildman–Crippen LogP) is 1.76. The van der Waals surface area contributed by atoms with Gasteiger partial charge in [0.15, 0.2) is 5.96 Å². The Kier molecular flexibility index (Phi) is 5.19. The number of fused-ring (bicyclic) bond motifs is 2. The molecule has 0 radical (unpaired) electrons. The highest BCUT2D eigenvalue weighted by molar-refractivity contribution is 14.0. The van der Waals surface area contributed by atoms with Crippen molar-refractivity contribution in [3.05, 3.63) is 0 Å². The molecule has 0 aromatic heterocycles. The molecule has 2 heterocycles. The zero-order chi connectivity index (χ0) is 14.3. The lowest BCUT2D eigenvalue weighted by Gasteiger charge is -2.63. The molecule has 126 valence electrons. The summed E-state index contributed by atoms with van der Waals surface area (Å²) in [6, 6.07) is 0.560. The lowest BCUT2D eigenvalue weighted by atomic mass is 9.46. The van der Waals surface area contributed by atoms with Gasteiger partial charge in [-0.15, -0.1) is 24.0 Å². The van der Waals surface area contributed by atoms with Crippen molar-refractivity contribution in [3.63, 3.8) is 0 Å². The summed E-state index contributed by atoms with van der Waals surface area (Å²) < 4.78 is 11.4. The van der Waals surface area contributed by atoms with Gasteiger partial charge in [-0.3, -0.25) is 4.99 Å². The Bertz CT molecular complexity index is 422. The van der Waals surface area contributed by atoms with E-state index in [1.807, 2.05) is 7.05 Å². The fraction of sp³-hybridized carbons (Fsp3) is 0.938. The Hall–Kier alpha value is -0.0800. The van der Waals surface area contributed by atoms with Gasteiger partial charge in [-0.2, -0.15) is 0 Å². The molecule has 2 N–H and O–H groups in total. The third kappa shape index (κ3) is 2.65. The Labute approximate surface area is 150 Å². The average Bonchev–Trinajstić information content (AvgIpc) is 3.08. The van der Waals surface area contributed by atoms with Gasteiger partial charge < -0.3 is 20.1 Å². The van der Waals surface area contributed by atoms with Crippen molar-refractivity contribution in [2.75, 3.05) is 33.4 Å². The van der Waals surface area contributed by atoms with Crippen LogP contribution in [-0.2, 0) is 9.47 Å². The maximum Gasteiger partial charge on any atom is 0.191 e. The van der Waals surface area contributed by atoms with E-state index in [4.69, 9.17) is 9.47 Å². The number of hydrogen-bond donors (Lipinski definition) is 2. The first-order chi connectivity index (χ1) is 10.3. The first-order valence-corrected chi connectivity index (χ1v) is 8.50. The van der Waals surface area contributed by atoms with E-state index in [1.54, 1.807) is 0 Å². The van der Waals surface area contributed by atoms with Crippen molar-refractivity contribution < 1.29 is 9.47 Å². The van der Waals surface area contributed by atoms with Crippen molar-refractivity contribution in [2.45, 2.75) is 44.2 Å². The molecule has 0 bridgehead atoms. The molecule has 0 amide bonds. The van der Waals surface area contributed by atoms with E-state index in [-0.39, 0.29) is 24.0 Å². The fourth-order valence-electron chi connectivity index (χ4n) is 4.78. The zero-order valence-electron chi connectivity index (χ0n) is 13.3. The van der Waals surface area contributed by atoms with E-state index >= 15 is 0 Å². The van der Waals surface area contributed by atoms with Crippen LogP contribution in [0.15, 0.2) is 4.99 Å². The second-order valence-electron chi connectivity index (χ2n) is 7.14. The number of nitrogens with zero attached hydrogens (tertiary/aromatic N) is 1. The summed E-state index contributed by atoms with van der Waals surface area (Å²) in [6.45, 7) is 3.70. The average molecular weight is 421 g/mol. The first-order valence-electron chi connectivity index (χ1n) is 8.50. The van der Waals surface area contributed by atoms with E-state index in [1.165, 1.54) is 25.7 Å². The SMILES string of the molecule is CN=C(NCC1CCOC1)NC1C2CCOC2C12CCC2.I. The van der Waals surface area contributed by atoms with Gasteiger partial charge in [0.2, 0.25) is 0 Å². The molecule has 6 heteroatoms. The molecule has 4 fully saturated rings. The molecule has 4 aliphatic rings. The lowest BCUT2D eigenvalue weighted by Crippen LogP contribution is -2.72. The minimum Gasteiger partial charge on any atom is -0.381 e. The van der Waals surface area contributed by atoms with Crippen LogP contribution in [0.3, 0.4) is 0 Å². The van der Waals surface area contributed by atoms with E-state index in [0.29, 0.717) is 29.4 Å². The van der Waals surface area contributed by atoms with Crippen LogP contribution in [0.2, 0.25) is 0 Å². The van der Waals surface area contributed by atoms with Crippen molar-refractivity contribution in [3.8, 4) is 0 Å². The molecule has 1 spiro atoms. The van der Waals surface area contributed by atoms with Crippen LogP contribution in [0.1, 0.15) is 32.1 Å². The van der Waals surface area contributed by atoms with Gasteiger partial charge in [-0.05, 0) is 25.7 Å². The van der Waals surface area contributed by atoms with Crippen molar-refractivity contribution in [1.82, 2.24) is 10.6 Å². The number of nitrogens with one attached hydrogen (secondary N) is 2. The van der Waals surface area contributed by atoms with Gasteiger partial charge >= 0.3 is 0 Å². The fourth-order valence-corrected chi connectivity index (χ4v) is 4.78. The quantitative estimate of drug-likeness (QED) is 0.415. The Morgan fingerprint density at radius 1 is 1.27 bits per heavy atom. The maximum absolute atomic E-state index is 5.98. The van der Waals surface area contributed by atoms with Crippen LogP contribution in [0.25, 0.3) is 0 Å². The molecule has 0 aromatic rings. The van der Waals surface area contributed by atoms with Crippen molar-refractivity contribution in [2.24, 2.45) is 22.2 Å². The molecule has 2 aliphatic carbocycles. The molecule has 2 saturated carbocycles. The van der Waals surface area contributed by atoms with Gasteiger partial charge in [-0.25, -0.2) is 0 Å². The Morgan fingerprint density at radius 2 is 2.14 bits per heavy atom. The second kappa shape index (κ2) is 6.81. The lowest BCUT2D eigenvalue weighted by molar-refractivity contribution is -0.171. The van der Waals surface area contributed by atoms with Gasteiger partial charge in [0.05, 0.1) is 12.7 Å². The van der Waals surface area contributed by atoms with E-state index in [9.17, 15) is 0 Å². The highest BCUT2D eigenvalue weighted by atomic mass is 127. The Balaban J connectivity index is 0.00000144. The number of halogens is 1. The van der Waals surface area contributed by atoms with Crippen LogP contribution < -0.4 is 10.6 Å². The first kappa shape index (κ1) is 16.8. The van der Waals surface area contributed by atoms with Crippen LogP contribution in [0, 0.1) is 17.3 Å². The normalized spacial score (nSPS) is 38.7. The number of rotatable bonds is 3. The highest BCUT2D eigenvalue weighted by Crippen LogP contribution is 2.62. The minimum atomic E-state index is 0. The van der Waals surface area contributed by atoms with E-state index in [2.05, 4.69) is 15.6 Å². The molecule has 4 unspecified atom stereocenters. The van der Waals surface area contributed by atoms with Crippen molar-refractivity contribution in [1.29, 1.82) is 0 Å². The molecule has 4 atom stereocenters. The Morgan fingerprint density at radius 3 is 2.77 bits per heavy atom. The van der Waals surface area contributed by atoms with Gasteiger partial charge in [0, 0.05) is 50.1 Å². The summed E-state index contributed by atoms with van der Waals surface area (Å²) >= 11 is 0. The molecule has 2 saturated heterocycles. The van der Waals surface area contributed by atoms with E-state index < -0.39 is 0 Å². The van der Waals surface area contributed by atoms with Crippen LogP contribution in [0.5, 0.6) is 0 Å². The number of hydrogen-bond acceptors (Lipinski definition) is 3. The maximum atomic E-state index is 5.98. The monoisotopic (exact) mass is 421 g/mol. The summed E-state index contributed by atoms with van der Waals surface area (Å²) in [5.41, 5.74) is 0.412. The van der Waals surface area contributed by atoms with Crippen LogP contribution in [-0.4, -0.2) is 51.5 Å². The summed E-state index contributed by atoms with van der Waals surface area (Å²) in [6.07, 6.45) is 6.88. The molecule has 4 rings (SSSR count). The summed E-state index contributed by atoms with van der Waals surface area (Å²) in [7, 11) is 1.87. The van der Waals surface area contributed by atoms with Gasteiger partial charge in [-0.1, -0.05) is 6.42 Å². The standard InChI is InChI=1S/C16H27N3O2.HI/c1-17-15(18-9-11-3-7-20-10-11)19-13-12-4-8-21-14(12)16(13)5-2-6-16;/h11-14H,2-10H2,1H3,(H2,17,18,19);1H. The zero-order valence-corrected chi connectivity index (χ0v) is 15.7. The number of guanidine groups is 1. The predicted molar refractivity (Wildman–Crippen MR) is 96.8 cm³/mol. The molecule has 22 heavy (non-hydrogen) atoms. The van der Waals surface area contributed by atoms with Gasteiger partial charge in [0.1, 0.15) is 0 Å². The van der Waals surface area contributed by atoms with Crippen molar-refractivity contribution >= 4 is 29.9 Å². The summed E-state index contributed by atoms with van der Waals surface area (Å²) in [5, 5.41) is 7.20. The third-order valence-corrected chi connectivity index (χ3v) is 6.13. The molecule has 5 nitrogen and oxygen atoms in total. The topological polar surface area (TPSA) is 54.9 Å². The largest absolute Gasteiger partial charge is 0.381 e.